The van der Waals surface area contributed by atoms with E-state index in [2.05, 4.69) is 11.6 Å². The number of halogens is 1. The highest BCUT2D eigenvalue weighted by molar-refractivity contribution is 6.32. The molecule has 1 unspecified atom stereocenters. The van der Waals surface area contributed by atoms with E-state index in [0.29, 0.717) is 35.4 Å². The molecular weight excluding hydrogens is 382 g/mol. The van der Waals surface area contributed by atoms with E-state index in [0.717, 1.165) is 6.42 Å². The predicted octanol–water partition coefficient (Wildman–Crippen LogP) is 3.96. The van der Waals surface area contributed by atoms with Crippen LogP contribution in [0.5, 0.6) is 11.5 Å². The van der Waals surface area contributed by atoms with Crippen LogP contribution in [0.15, 0.2) is 41.1 Å². The van der Waals surface area contributed by atoms with Crippen molar-refractivity contribution in [1.29, 1.82) is 0 Å². The third-order valence-electron chi connectivity index (χ3n) is 5.06. The summed E-state index contributed by atoms with van der Waals surface area (Å²) in [4.78, 5) is 30.2. The normalized spacial score (nSPS) is 21.7. The van der Waals surface area contributed by atoms with Crippen molar-refractivity contribution in [2.75, 3.05) is 13.7 Å². The summed E-state index contributed by atoms with van der Waals surface area (Å²) in [6.07, 6.45) is 3.29. The number of aromatic hydroxyl groups is 1. The number of methoxy groups -OCH3 is 1. The number of ketones is 1. The third kappa shape index (κ3) is 3.56. The lowest BCUT2D eigenvalue weighted by molar-refractivity contribution is -0.145. The lowest BCUT2D eigenvalue weighted by Gasteiger charge is -2.34. The van der Waals surface area contributed by atoms with Crippen LogP contribution < -0.4 is 4.74 Å². The fraction of sp³-hybridized carbons (Fsp3) is 0.381. The first-order valence-electron chi connectivity index (χ1n) is 9.04. The Labute approximate surface area is 168 Å². The first-order chi connectivity index (χ1) is 13.4. The molecule has 0 saturated heterocycles. The lowest BCUT2D eigenvalue weighted by Crippen LogP contribution is -2.37. The number of carbonyl (C=O) groups excluding carboxylic acids is 2. The molecule has 1 N–H and O–H groups in total. The van der Waals surface area contributed by atoms with Gasteiger partial charge in [0.2, 0.25) is 0 Å². The van der Waals surface area contributed by atoms with Gasteiger partial charge in [-0.3, -0.25) is 14.6 Å². The number of hydrogen-bond donors (Lipinski definition) is 1. The molecule has 0 radical (unpaired) electrons. The fourth-order valence-corrected chi connectivity index (χ4v) is 4.05. The summed E-state index contributed by atoms with van der Waals surface area (Å²) in [7, 11) is 1.41. The number of allylic oxidation sites excluding steroid dienone is 2. The van der Waals surface area contributed by atoms with E-state index in [4.69, 9.17) is 21.1 Å². The molecule has 0 aromatic heterocycles. The van der Waals surface area contributed by atoms with Crippen LogP contribution in [0.2, 0.25) is 5.02 Å². The largest absolute Gasteiger partial charge is 0.503 e. The lowest BCUT2D eigenvalue weighted by atomic mass is 9.71. The van der Waals surface area contributed by atoms with Crippen molar-refractivity contribution in [3.05, 3.63) is 46.6 Å². The molecule has 1 aliphatic heterocycles. The Morgan fingerprint density at radius 3 is 2.86 bits per heavy atom. The maximum atomic E-state index is 12.8. The zero-order chi connectivity index (χ0) is 20.4. The summed E-state index contributed by atoms with van der Waals surface area (Å²) < 4.78 is 10.5. The molecular formula is C21H22ClNO5. The number of aliphatic imine (C=N–C) groups is 1. The summed E-state index contributed by atoms with van der Waals surface area (Å²) in [6.45, 7) is 5.39. The minimum Gasteiger partial charge on any atom is -0.503 e. The Morgan fingerprint density at radius 1 is 1.43 bits per heavy atom. The molecule has 0 bridgehead atoms. The number of Topliss-reactive ketones (excluding diaryl/α,β-unsaturated/α-hetero) is 1. The third-order valence-corrected chi connectivity index (χ3v) is 5.35. The Kier molecular flexibility index (Phi) is 5.89. The molecule has 1 aromatic carbocycles. The first-order valence-corrected chi connectivity index (χ1v) is 9.42. The minimum atomic E-state index is -0.772. The van der Waals surface area contributed by atoms with Crippen LogP contribution in [0.25, 0.3) is 0 Å². The second-order valence-electron chi connectivity index (χ2n) is 6.82. The number of hydrogen-bond acceptors (Lipinski definition) is 6. The SMILES string of the molecule is C=CCOC(=O)C1C(C)=NC2=C(C(=O)CCC2)[C@H]1c1cc(Cl)c(O)c(OC)c1. The Hall–Kier alpha value is -2.60. The van der Waals surface area contributed by atoms with Gasteiger partial charge in [0.25, 0.3) is 0 Å². The number of carbonyl (C=O) groups is 2. The molecule has 3 rings (SSSR count). The maximum Gasteiger partial charge on any atom is 0.315 e. The molecule has 2 atom stereocenters. The molecule has 28 heavy (non-hydrogen) atoms. The van der Waals surface area contributed by atoms with E-state index in [1.807, 2.05) is 0 Å². The standard InChI is InChI=1S/C21H22ClNO5/c1-4-8-28-21(26)17-11(2)23-14-6-5-7-15(24)19(14)18(17)12-9-13(22)20(25)16(10-12)27-3/h4,9-10,17-18,25H,1,5-8H2,2-3H3/t17?,18-/m0/s1. The number of nitrogens with zero attached hydrogens (tertiary/aromatic N) is 1. The van der Waals surface area contributed by atoms with Crippen LogP contribution in [0, 0.1) is 5.92 Å². The van der Waals surface area contributed by atoms with Crippen molar-refractivity contribution in [3.8, 4) is 11.5 Å². The van der Waals surface area contributed by atoms with E-state index in [9.17, 15) is 14.7 Å². The van der Waals surface area contributed by atoms with Crippen LogP contribution >= 0.6 is 11.6 Å². The second-order valence-corrected chi connectivity index (χ2v) is 7.23. The van der Waals surface area contributed by atoms with Gasteiger partial charge in [0.15, 0.2) is 17.3 Å². The van der Waals surface area contributed by atoms with Crippen molar-refractivity contribution in [3.63, 3.8) is 0 Å². The average Bonchev–Trinajstić information content (AvgIpc) is 2.67. The molecule has 0 spiro atoms. The molecule has 148 valence electrons. The molecule has 2 aliphatic rings. The molecule has 6 nitrogen and oxygen atoms in total. The summed E-state index contributed by atoms with van der Waals surface area (Å²) in [5.41, 5.74) is 2.39. The first kappa shape index (κ1) is 20.1. The van der Waals surface area contributed by atoms with Crippen molar-refractivity contribution in [2.45, 2.75) is 32.1 Å². The van der Waals surface area contributed by atoms with Gasteiger partial charge in [-0.2, -0.15) is 0 Å². The van der Waals surface area contributed by atoms with Gasteiger partial charge in [-0.05, 0) is 37.5 Å². The van der Waals surface area contributed by atoms with Crippen molar-refractivity contribution in [1.82, 2.24) is 0 Å². The molecule has 1 aliphatic carbocycles. The van der Waals surface area contributed by atoms with Gasteiger partial charge in [-0.25, -0.2) is 0 Å². The smallest absolute Gasteiger partial charge is 0.315 e. The quantitative estimate of drug-likeness (QED) is 0.594. The molecule has 1 aromatic rings. The van der Waals surface area contributed by atoms with Crippen molar-refractivity contribution >= 4 is 29.1 Å². The average molecular weight is 404 g/mol. The number of esters is 1. The Bertz CT molecular complexity index is 902. The monoisotopic (exact) mass is 403 g/mol. The number of benzene rings is 1. The molecule has 1 heterocycles. The Balaban J connectivity index is 2.18. The highest BCUT2D eigenvalue weighted by Gasteiger charge is 2.43. The van der Waals surface area contributed by atoms with E-state index in [1.165, 1.54) is 13.2 Å². The zero-order valence-corrected chi connectivity index (χ0v) is 16.6. The van der Waals surface area contributed by atoms with E-state index >= 15 is 0 Å². The van der Waals surface area contributed by atoms with Crippen LogP contribution in [0.4, 0.5) is 0 Å². The van der Waals surface area contributed by atoms with Crippen molar-refractivity contribution in [2.24, 2.45) is 10.9 Å². The van der Waals surface area contributed by atoms with Gasteiger partial charge in [0, 0.05) is 29.3 Å². The van der Waals surface area contributed by atoms with Gasteiger partial charge in [0.05, 0.1) is 12.1 Å². The number of phenols is 1. The van der Waals surface area contributed by atoms with Gasteiger partial charge in [-0.15, -0.1) is 0 Å². The Morgan fingerprint density at radius 2 is 2.18 bits per heavy atom. The van der Waals surface area contributed by atoms with Gasteiger partial charge >= 0.3 is 5.97 Å². The van der Waals surface area contributed by atoms with E-state index < -0.39 is 17.8 Å². The molecule has 7 heteroatoms. The van der Waals surface area contributed by atoms with Gasteiger partial charge in [0.1, 0.15) is 12.5 Å². The minimum absolute atomic E-state index is 0.0350. The van der Waals surface area contributed by atoms with Crippen LogP contribution in [-0.4, -0.2) is 36.3 Å². The highest BCUT2D eigenvalue weighted by Crippen LogP contribution is 2.46. The summed E-state index contributed by atoms with van der Waals surface area (Å²) >= 11 is 6.19. The zero-order valence-electron chi connectivity index (χ0n) is 15.8. The fourth-order valence-electron chi connectivity index (χ4n) is 3.83. The summed E-state index contributed by atoms with van der Waals surface area (Å²) in [5.74, 6) is -1.92. The second kappa shape index (κ2) is 8.19. The van der Waals surface area contributed by atoms with Crippen molar-refractivity contribution < 1.29 is 24.2 Å². The summed E-state index contributed by atoms with van der Waals surface area (Å²) in [6, 6.07) is 3.16. The summed E-state index contributed by atoms with van der Waals surface area (Å²) in [5, 5.41) is 10.2. The molecule has 0 saturated carbocycles. The molecule has 0 fully saturated rings. The molecule has 0 amide bonds. The number of phenolic OH excluding ortho intramolecular Hbond substituents is 1. The highest BCUT2D eigenvalue weighted by atomic mass is 35.5. The predicted molar refractivity (Wildman–Crippen MR) is 106 cm³/mol. The van der Waals surface area contributed by atoms with Crippen LogP contribution in [0.1, 0.15) is 37.7 Å². The van der Waals surface area contributed by atoms with Crippen LogP contribution in [0.3, 0.4) is 0 Å². The number of ether oxygens (including phenoxy) is 2. The van der Waals surface area contributed by atoms with Crippen LogP contribution in [-0.2, 0) is 14.3 Å². The van der Waals surface area contributed by atoms with E-state index in [1.54, 1.807) is 19.1 Å². The van der Waals surface area contributed by atoms with Gasteiger partial charge < -0.3 is 14.6 Å². The van der Waals surface area contributed by atoms with E-state index in [-0.39, 0.29) is 28.9 Å². The number of rotatable bonds is 5. The maximum absolute atomic E-state index is 12.8. The van der Waals surface area contributed by atoms with Gasteiger partial charge in [-0.1, -0.05) is 24.3 Å². The topological polar surface area (TPSA) is 85.2 Å².